The fraction of sp³-hybridized carbons (Fsp3) is 0.846. The molecule has 1 fully saturated rings. The van der Waals surface area contributed by atoms with Crippen LogP contribution in [0.25, 0.3) is 0 Å². The van der Waals surface area contributed by atoms with Crippen LogP contribution in [0.5, 0.6) is 0 Å². The minimum Gasteiger partial charge on any atom is -0.480 e. The number of aliphatic carboxylic acids is 1. The van der Waals surface area contributed by atoms with E-state index in [2.05, 4.69) is 5.32 Å². The van der Waals surface area contributed by atoms with Crippen LogP contribution in [0.4, 0.5) is 0 Å². The van der Waals surface area contributed by atoms with E-state index in [1.165, 1.54) is 7.11 Å². The molecule has 6 heteroatoms. The first-order valence-corrected chi connectivity index (χ1v) is 6.78. The van der Waals surface area contributed by atoms with Crippen molar-refractivity contribution in [2.75, 3.05) is 20.3 Å². The van der Waals surface area contributed by atoms with Crippen molar-refractivity contribution in [3.63, 3.8) is 0 Å². The van der Waals surface area contributed by atoms with Crippen LogP contribution >= 0.6 is 0 Å². The molecule has 0 aliphatic heterocycles. The molecule has 1 saturated carbocycles. The van der Waals surface area contributed by atoms with Gasteiger partial charge in [0.2, 0.25) is 5.91 Å². The van der Waals surface area contributed by atoms with Gasteiger partial charge < -0.3 is 20.9 Å². The maximum absolute atomic E-state index is 12.3. The van der Waals surface area contributed by atoms with E-state index < -0.39 is 17.4 Å². The monoisotopic (exact) mass is 272 g/mol. The van der Waals surface area contributed by atoms with Crippen molar-refractivity contribution in [2.45, 2.75) is 44.6 Å². The third-order valence-corrected chi connectivity index (χ3v) is 3.90. The molecule has 1 rings (SSSR count). The lowest BCUT2D eigenvalue weighted by Crippen LogP contribution is -2.52. The second kappa shape index (κ2) is 7.45. The first-order chi connectivity index (χ1) is 9.05. The molecule has 0 heterocycles. The summed E-state index contributed by atoms with van der Waals surface area (Å²) in [5, 5.41) is 11.7. The van der Waals surface area contributed by atoms with Crippen molar-refractivity contribution in [1.82, 2.24) is 5.32 Å². The summed E-state index contributed by atoms with van der Waals surface area (Å²) in [7, 11) is 1.50. The van der Waals surface area contributed by atoms with E-state index in [-0.39, 0.29) is 18.9 Å². The minimum atomic E-state index is -1.03. The first-order valence-electron chi connectivity index (χ1n) is 6.78. The Bertz CT molecular complexity index is 314. The number of carboxylic acids is 1. The summed E-state index contributed by atoms with van der Waals surface area (Å²) >= 11 is 0. The number of methoxy groups -OCH3 is 1. The largest absolute Gasteiger partial charge is 0.480 e. The smallest absolute Gasteiger partial charge is 0.326 e. The van der Waals surface area contributed by atoms with Crippen LogP contribution in [0, 0.1) is 5.41 Å². The molecule has 0 spiro atoms. The molecule has 0 aromatic carbocycles. The van der Waals surface area contributed by atoms with E-state index in [4.69, 9.17) is 15.6 Å². The molecular formula is C13H24N2O4. The lowest BCUT2D eigenvalue weighted by atomic mass is 9.73. The average molecular weight is 272 g/mol. The fourth-order valence-corrected chi connectivity index (χ4v) is 2.56. The van der Waals surface area contributed by atoms with Crippen LogP contribution in [0.3, 0.4) is 0 Å². The van der Waals surface area contributed by atoms with Gasteiger partial charge in [0, 0.05) is 26.7 Å². The van der Waals surface area contributed by atoms with E-state index in [0.717, 1.165) is 32.1 Å². The number of hydrogen-bond donors (Lipinski definition) is 3. The fourth-order valence-electron chi connectivity index (χ4n) is 2.56. The zero-order valence-corrected chi connectivity index (χ0v) is 11.5. The normalized spacial score (nSPS) is 19.7. The maximum atomic E-state index is 12.3. The molecule has 4 N–H and O–H groups in total. The Balaban J connectivity index is 2.65. The number of hydrogen-bond acceptors (Lipinski definition) is 4. The van der Waals surface area contributed by atoms with E-state index >= 15 is 0 Å². The van der Waals surface area contributed by atoms with E-state index in [9.17, 15) is 9.59 Å². The highest BCUT2D eigenvalue weighted by Crippen LogP contribution is 2.35. The molecule has 1 aliphatic carbocycles. The van der Waals surface area contributed by atoms with E-state index in [1.54, 1.807) is 0 Å². The van der Waals surface area contributed by atoms with Gasteiger partial charge in [0.1, 0.15) is 6.04 Å². The van der Waals surface area contributed by atoms with Crippen molar-refractivity contribution in [3.8, 4) is 0 Å². The summed E-state index contributed by atoms with van der Waals surface area (Å²) < 4.78 is 4.86. The number of carbonyl (C=O) groups is 2. The molecule has 1 atom stereocenters. The quantitative estimate of drug-likeness (QED) is 0.626. The maximum Gasteiger partial charge on any atom is 0.326 e. The van der Waals surface area contributed by atoms with Gasteiger partial charge in [-0.2, -0.15) is 0 Å². The second-order valence-corrected chi connectivity index (χ2v) is 5.19. The lowest BCUT2D eigenvalue weighted by Gasteiger charge is -2.35. The molecule has 0 bridgehead atoms. The third kappa shape index (κ3) is 4.18. The number of nitrogens with two attached hydrogens (primary N) is 1. The zero-order chi connectivity index (χ0) is 14.3. The van der Waals surface area contributed by atoms with Crippen molar-refractivity contribution in [3.05, 3.63) is 0 Å². The van der Waals surface area contributed by atoms with Crippen LogP contribution in [-0.2, 0) is 14.3 Å². The minimum absolute atomic E-state index is 0.224. The zero-order valence-electron chi connectivity index (χ0n) is 11.5. The van der Waals surface area contributed by atoms with Crippen LogP contribution in [0.15, 0.2) is 0 Å². The summed E-state index contributed by atoms with van der Waals surface area (Å²) in [5.74, 6) is -1.26. The Kier molecular flexibility index (Phi) is 6.24. The van der Waals surface area contributed by atoms with Gasteiger partial charge in [0.25, 0.3) is 0 Å². The van der Waals surface area contributed by atoms with Gasteiger partial charge in [-0.15, -0.1) is 0 Å². The van der Waals surface area contributed by atoms with Gasteiger partial charge in [0.15, 0.2) is 0 Å². The Morgan fingerprint density at radius 2 is 2.00 bits per heavy atom. The number of ether oxygens (including phenoxy) is 1. The van der Waals surface area contributed by atoms with E-state index in [0.29, 0.717) is 6.61 Å². The molecule has 1 unspecified atom stereocenters. The van der Waals surface area contributed by atoms with E-state index in [1.807, 2.05) is 0 Å². The number of rotatable bonds is 7. The van der Waals surface area contributed by atoms with Gasteiger partial charge in [-0.1, -0.05) is 19.3 Å². The molecule has 1 aliphatic rings. The molecule has 19 heavy (non-hydrogen) atoms. The molecular weight excluding hydrogens is 248 g/mol. The Hall–Kier alpha value is -1.14. The Labute approximate surface area is 113 Å². The van der Waals surface area contributed by atoms with Gasteiger partial charge in [-0.3, -0.25) is 4.79 Å². The number of nitrogens with one attached hydrogen (secondary N) is 1. The molecule has 0 radical (unpaired) electrons. The standard InChI is InChI=1S/C13H24N2O4/c1-19-8-5-10(11(16)17)15-12(18)13(9-14)6-3-2-4-7-13/h10H,2-9,14H2,1H3,(H,15,18)(H,16,17). The predicted octanol–water partition coefficient (Wildman–Crippen LogP) is 0.502. The predicted molar refractivity (Wildman–Crippen MR) is 70.6 cm³/mol. The molecule has 0 saturated heterocycles. The molecule has 0 aromatic heterocycles. The summed E-state index contributed by atoms with van der Waals surface area (Å²) in [6.45, 7) is 0.572. The van der Waals surface area contributed by atoms with Crippen LogP contribution in [0.1, 0.15) is 38.5 Å². The number of carboxylic acid groups (broad SMARTS) is 1. The summed E-state index contributed by atoms with van der Waals surface area (Å²) in [5.41, 5.74) is 5.17. The van der Waals surface area contributed by atoms with Crippen molar-refractivity contribution in [2.24, 2.45) is 11.1 Å². The highest BCUT2D eigenvalue weighted by atomic mass is 16.5. The summed E-state index contributed by atoms with van der Waals surface area (Å²) in [6, 6.07) is -0.905. The van der Waals surface area contributed by atoms with Crippen LogP contribution < -0.4 is 11.1 Å². The summed E-state index contributed by atoms with van der Waals surface area (Å²) in [4.78, 5) is 23.4. The van der Waals surface area contributed by atoms with Crippen LogP contribution in [0.2, 0.25) is 0 Å². The molecule has 110 valence electrons. The molecule has 6 nitrogen and oxygen atoms in total. The number of amides is 1. The highest BCUT2D eigenvalue weighted by Gasteiger charge is 2.39. The third-order valence-electron chi connectivity index (χ3n) is 3.90. The lowest BCUT2D eigenvalue weighted by molar-refractivity contribution is -0.145. The average Bonchev–Trinajstić information content (AvgIpc) is 2.43. The molecule has 0 aromatic rings. The van der Waals surface area contributed by atoms with Crippen LogP contribution in [-0.4, -0.2) is 43.3 Å². The van der Waals surface area contributed by atoms with Gasteiger partial charge in [-0.25, -0.2) is 4.79 Å². The first kappa shape index (κ1) is 15.9. The Morgan fingerprint density at radius 1 is 1.37 bits per heavy atom. The highest BCUT2D eigenvalue weighted by molar-refractivity contribution is 5.87. The van der Waals surface area contributed by atoms with Crippen molar-refractivity contribution >= 4 is 11.9 Å². The summed E-state index contributed by atoms with van der Waals surface area (Å²) in [6.07, 6.45) is 4.80. The topological polar surface area (TPSA) is 102 Å². The molecule has 1 amide bonds. The number of carbonyl (C=O) groups excluding carboxylic acids is 1. The van der Waals surface area contributed by atoms with Crippen molar-refractivity contribution in [1.29, 1.82) is 0 Å². The van der Waals surface area contributed by atoms with Gasteiger partial charge in [0.05, 0.1) is 5.41 Å². The van der Waals surface area contributed by atoms with Gasteiger partial charge in [-0.05, 0) is 12.8 Å². The SMILES string of the molecule is COCCC(NC(=O)C1(CN)CCCCC1)C(=O)O. The van der Waals surface area contributed by atoms with Gasteiger partial charge >= 0.3 is 5.97 Å². The van der Waals surface area contributed by atoms with Crippen molar-refractivity contribution < 1.29 is 19.4 Å². The second-order valence-electron chi connectivity index (χ2n) is 5.19. The Morgan fingerprint density at radius 3 is 2.47 bits per heavy atom.